The standard InChI is InChI=1S/C16H13N5O/c1-22-13-3-4-14-12(8-13)9-15(19-14)11-2-5-16(17-10-11)21-7-6-18-20-21/h2-10,19H,1H3. The number of ether oxygens (including phenoxy) is 1. The topological polar surface area (TPSA) is 68.6 Å². The summed E-state index contributed by atoms with van der Waals surface area (Å²) in [5.74, 6) is 1.58. The molecular weight excluding hydrogens is 278 g/mol. The van der Waals surface area contributed by atoms with Gasteiger partial charge in [0, 0.05) is 28.4 Å². The molecule has 0 aliphatic heterocycles. The van der Waals surface area contributed by atoms with Crippen LogP contribution in [0.15, 0.2) is 55.0 Å². The number of hydrogen-bond acceptors (Lipinski definition) is 4. The molecule has 4 rings (SSSR count). The molecule has 1 N–H and O–H groups in total. The van der Waals surface area contributed by atoms with Gasteiger partial charge in [0.15, 0.2) is 5.82 Å². The van der Waals surface area contributed by atoms with Crippen molar-refractivity contribution in [3.63, 3.8) is 0 Å². The van der Waals surface area contributed by atoms with Crippen LogP contribution >= 0.6 is 0 Å². The zero-order valence-corrected chi connectivity index (χ0v) is 11.9. The largest absolute Gasteiger partial charge is 0.497 e. The molecule has 3 aromatic heterocycles. The summed E-state index contributed by atoms with van der Waals surface area (Å²) in [6.07, 6.45) is 5.21. The van der Waals surface area contributed by atoms with Gasteiger partial charge in [0.25, 0.3) is 0 Å². The Labute approximate surface area is 126 Å². The summed E-state index contributed by atoms with van der Waals surface area (Å²) >= 11 is 0. The minimum Gasteiger partial charge on any atom is -0.497 e. The first-order valence-corrected chi connectivity index (χ1v) is 6.83. The first-order chi connectivity index (χ1) is 10.8. The van der Waals surface area contributed by atoms with Crippen molar-refractivity contribution in [3.05, 3.63) is 55.0 Å². The van der Waals surface area contributed by atoms with Crippen LogP contribution in [0.2, 0.25) is 0 Å². The molecule has 6 nitrogen and oxygen atoms in total. The van der Waals surface area contributed by atoms with Crippen LogP contribution in [0, 0.1) is 0 Å². The molecule has 0 bridgehead atoms. The lowest BCUT2D eigenvalue weighted by Crippen LogP contribution is -1.97. The van der Waals surface area contributed by atoms with Crippen molar-refractivity contribution < 1.29 is 4.74 Å². The molecule has 0 aliphatic carbocycles. The average Bonchev–Trinajstić information content (AvgIpc) is 3.23. The molecular formula is C16H13N5O. The molecule has 0 fully saturated rings. The van der Waals surface area contributed by atoms with Gasteiger partial charge in [-0.15, -0.1) is 5.10 Å². The number of methoxy groups -OCH3 is 1. The van der Waals surface area contributed by atoms with Gasteiger partial charge in [-0.05, 0) is 36.4 Å². The van der Waals surface area contributed by atoms with Gasteiger partial charge < -0.3 is 9.72 Å². The monoisotopic (exact) mass is 291 g/mol. The first kappa shape index (κ1) is 12.6. The minimum atomic E-state index is 0.735. The number of benzene rings is 1. The second kappa shape index (κ2) is 5.00. The summed E-state index contributed by atoms with van der Waals surface area (Å²) in [4.78, 5) is 7.80. The SMILES string of the molecule is COc1ccc2[nH]c(-c3ccc(-n4ccnn4)nc3)cc2c1. The second-order valence-corrected chi connectivity index (χ2v) is 4.89. The Hall–Kier alpha value is -3.15. The van der Waals surface area contributed by atoms with Crippen molar-refractivity contribution in [2.45, 2.75) is 0 Å². The van der Waals surface area contributed by atoms with E-state index < -0.39 is 0 Å². The highest BCUT2D eigenvalue weighted by Crippen LogP contribution is 2.26. The number of hydrogen-bond donors (Lipinski definition) is 1. The summed E-state index contributed by atoms with van der Waals surface area (Å²) in [6.45, 7) is 0. The molecule has 108 valence electrons. The third kappa shape index (κ3) is 2.10. The Morgan fingerprint density at radius 2 is 2.09 bits per heavy atom. The number of pyridine rings is 1. The maximum atomic E-state index is 5.25. The van der Waals surface area contributed by atoms with Crippen LogP contribution < -0.4 is 4.74 Å². The van der Waals surface area contributed by atoms with E-state index in [9.17, 15) is 0 Å². The highest BCUT2D eigenvalue weighted by molar-refractivity contribution is 5.86. The first-order valence-electron chi connectivity index (χ1n) is 6.83. The van der Waals surface area contributed by atoms with Crippen LogP contribution in [0.5, 0.6) is 5.75 Å². The van der Waals surface area contributed by atoms with Crippen molar-refractivity contribution in [1.82, 2.24) is 25.0 Å². The highest BCUT2D eigenvalue weighted by Gasteiger charge is 2.06. The van der Waals surface area contributed by atoms with Gasteiger partial charge >= 0.3 is 0 Å². The molecule has 0 amide bonds. The number of aromatic amines is 1. The Balaban J connectivity index is 1.72. The van der Waals surface area contributed by atoms with E-state index in [2.05, 4.69) is 26.3 Å². The second-order valence-electron chi connectivity index (χ2n) is 4.89. The van der Waals surface area contributed by atoms with Gasteiger partial charge in [0.1, 0.15) is 5.75 Å². The van der Waals surface area contributed by atoms with Gasteiger partial charge in [-0.2, -0.15) is 0 Å². The summed E-state index contributed by atoms with van der Waals surface area (Å²) in [7, 11) is 1.67. The maximum Gasteiger partial charge on any atom is 0.155 e. The lowest BCUT2D eigenvalue weighted by atomic mass is 10.2. The molecule has 0 saturated heterocycles. The van der Waals surface area contributed by atoms with E-state index in [1.54, 1.807) is 24.2 Å². The van der Waals surface area contributed by atoms with E-state index in [0.717, 1.165) is 33.7 Å². The zero-order valence-electron chi connectivity index (χ0n) is 11.9. The van der Waals surface area contributed by atoms with Crippen molar-refractivity contribution in [1.29, 1.82) is 0 Å². The third-order valence-electron chi connectivity index (χ3n) is 3.54. The predicted octanol–water partition coefficient (Wildman–Crippen LogP) is 2.82. The van der Waals surface area contributed by atoms with E-state index in [1.807, 2.05) is 36.5 Å². The molecule has 0 spiro atoms. The average molecular weight is 291 g/mol. The van der Waals surface area contributed by atoms with Crippen molar-refractivity contribution in [2.75, 3.05) is 7.11 Å². The van der Waals surface area contributed by atoms with Crippen LogP contribution in [-0.4, -0.2) is 32.1 Å². The summed E-state index contributed by atoms with van der Waals surface area (Å²) in [5, 5.41) is 8.81. The van der Waals surface area contributed by atoms with Gasteiger partial charge in [-0.1, -0.05) is 5.21 Å². The molecule has 0 atom stereocenters. The van der Waals surface area contributed by atoms with E-state index in [0.29, 0.717) is 0 Å². The minimum absolute atomic E-state index is 0.735. The van der Waals surface area contributed by atoms with Crippen LogP contribution in [0.4, 0.5) is 0 Å². The summed E-state index contributed by atoms with van der Waals surface area (Å²) in [6, 6.07) is 12.0. The normalized spacial score (nSPS) is 11.0. The Morgan fingerprint density at radius 3 is 2.82 bits per heavy atom. The molecule has 0 aliphatic rings. The number of aromatic nitrogens is 5. The Bertz CT molecular complexity index is 910. The number of rotatable bonds is 3. The fraction of sp³-hybridized carbons (Fsp3) is 0.0625. The summed E-state index contributed by atoms with van der Waals surface area (Å²) < 4.78 is 6.88. The number of nitrogens with zero attached hydrogens (tertiary/aromatic N) is 4. The number of fused-ring (bicyclic) bond motifs is 1. The van der Waals surface area contributed by atoms with Crippen molar-refractivity contribution in [2.24, 2.45) is 0 Å². The molecule has 0 radical (unpaired) electrons. The van der Waals surface area contributed by atoms with Gasteiger partial charge in [0.05, 0.1) is 19.5 Å². The maximum absolute atomic E-state index is 5.25. The van der Waals surface area contributed by atoms with Gasteiger partial charge in [0.2, 0.25) is 0 Å². The van der Waals surface area contributed by atoms with Crippen LogP contribution in [-0.2, 0) is 0 Å². The Morgan fingerprint density at radius 1 is 1.14 bits per heavy atom. The van der Waals surface area contributed by atoms with E-state index >= 15 is 0 Å². The molecule has 6 heteroatoms. The lowest BCUT2D eigenvalue weighted by molar-refractivity contribution is 0.415. The smallest absolute Gasteiger partial charge is 0.155 e. The highest BCUT2D eigenvalue weighted by atomic mass is 16.5. The molecule has 0 saturated carbocycles. The van der Waals surface area contributed by atoms with E-state index in [1.165, 1.54) is 0 Å². The van der Waals surface area contributed by atoms with Crippen LogP contribution in [0.1, 0.15) is 0 Å². The van der Waals surface area contributed by atoms with Crippen LogP contribution in [0.3, 0.4) is 0 Å². The number of nitrogens with one attached hydrogen (secondary N) is 1. The molecule has 22 heavy (non-hydrogen) atoms. The van der Waals surface area contributed by atoms with Gasteiger partial charge in [-0.3, -0.25) is 0 Å². The number of H-pyrrole nitrogens is 1. The summed E-state index contributed by atoms with van der Waals surface area (Å²) in [5.41, 5.74) is 3.09. The van der Waals surface area contributed by atoms with E-state index in [-0.39, 0.29) is 0 Å². The molecule has 0 unspecified atom stereocenters. The van der Waals surface area contributed by atoms with E-state index in [4.69, 9.17) is 4.74 Å². The lowest BCUT2D eigenvalue weighted by Gasteiger charge is -2.01. The van der Waals surface area contributed by atoms with Crippen LogP contribution in [0.25, 0.3) is 28.0 Å². The van der Waals surface area contributed by atoms with Crippen molar-refractivity contribution >= 4 is 10.9 Å². The van der Waals surface area contributed by atoms with Crippen molar-refractivity contribution in [3.8, 4) is 22.8 Å². The third-order valence-corrected chi connectivity index (χ3v) is 3.54. The quantitative estimate of drug-likeness (QED) is 0.630. The molecule has 3 heterocycles. The Kier molecular flexibility index (Phi) is 2.86. The predicted molar refractivity (Wildman–Crippen MR) is 83.0 cm³/mol. The fourth-order valence-electron chi connectivity index (χ4n) is 2.40. The fourth-order valence-corrected chi connectivity index (χ4v) is 2.40. The molecule has 4 aromatic rings. The molecule has 1 aromatic carbocycles. The zero-order chi connectivity index (χ0) is 14.9. The van der Waals surface area contributed by atoms with Gasteiger partial charge in [-0.25, -0.2) is 9.67 Å².